The normalized spacial score (nSPS) is 14.3. The van der Waals surface area contributed by atoms with Gasteiger partial charge in [0.15, 0.2) is 17.3 Å². The molecular formula is C15H22FNO2. The molecule has 0 radical (unpaired) electrons. The maximum absolute atomic E-state index is 13.6. The maximum atomic E-state index is 13.6. The quantitative estimate of drug-likeness (QED) is 0.793. The fourth-order valence-corrected chi connectivity index (χ4v) is 1.96. The number of rotatable bonds is 6. The Morgan fingerprint density at radius 1 is 1.42 bits per heavy atom. The van der Waals surface area contributed by atoms with Crippen LogP contribution in [0.25, 0.3) is 0 Å². The zero-order valence-corrected chi connectivity index (χ0v) is 12.3. The maximum Gasteiger partial charge on any atom is 0.165 e. The Hall–Kier alpha value is -1.42. The van der Waals surface area contributed by atoms with Crippen molar-refractivity contribution in [2.75, 3.05) is 21.2 Å². The minimum Gasteiger partial charge on any atom is -0.494 e. The number of methoxy groups -OCH3 is 1. The summed E-state index contributed by atoms with van der Waals surface area (Å²) in [6.45, 7) is 3.89. The van der Waals surface area contributed by atoms with E-state index in [0.29, 0.717) is 5.56 Å². The smallest absolute Gasteiger partial charge is 0.165 e. The summed E-state index contributed by atoms with van der Waals surface area (Å²) in [5, 5.41) is 0. The van der Waals surface area contributed by atoms with Gasteiger partial charge in [-0.25, -0.2) is 4.39 Å². The molecule has 19 heavy (non-hydrogen) atoms. The van der Waals surface area contributed by atoms with Crippen molar-refractivity contribution in [1.82, 2.24) is 4.90 Å². The van der Waals surface area contributed by atoms with Gasteiger partial charge in [-0.1, -0.05) is 13.0 Å². The molecule has 0 aliphatic carbocycles. The number of carbonyl (C=O) groups excluding carboxylic acids is 1. The number of benzene rings is 1. The van der Waals surface area contributed by atoms with E-state index < -0.39 is 11.4 Å². The van der Waals surface area contributed by atoms with E-state index in [1.165, 1.54) is 13.2 Å². The topological polar surface area (TPSA) is 29.5 Å². The molecule has 0 N–H and O–H groups in total. The monoisotopic (exact) mass is 267 g/mol. The Morgan fingerprint density at radius 3 is 2.47 bits per heavy atom. The van der Waals surface area contributed by atoms with Crippen molar-refractivity contribution < 1.29 is 13.9 Å². The lowest BCUT2D eigenvalue weighted by atomic mass is 9.88. The van der Waals surface area contributed by atoms with Crippen LogP contribution >= 0.6 is 0 Å². The molecule has 0 aliphatic rings. The first-order valence-electron chi connectivity index (χ1n) is 6.38. The van der Waals surface area contributed by atoms with Crippen molar-refractivity contribution in [3.05, 3.63) is 29.6 Å². The van der Waals surface area contributed by atoms with Crippen molar-refractivity contribution in [2.45, 2.75) is 32.2 Å². The summed E-state index contributed by atoms with van der Waals surface area (Å²) in [5.41, 5.74) is 0.154. The molecule has 106 valence electrons. The summed E-state index contributed by atoms with van der Waals surface area (Å²) in [4.78, 5) is 14.3. The van der Waals surface area contributed by atoms with Gasteiger partial charge in [0.25, 0.3) is 0 Å². The molecule has 0 fully saturated rings. The number of likely N-dealkylation sites (N-methyl/N-ethyl adjacent to an activating group) is 1. The van der Waals surface area contributed by atoms with Crippen molar-refractivity contribution >= 4 is 5.78 Å². The lowest BCUT2D eigenvalue weighted by molar-refractivity contribution is -0.128. The van der Waals surface area contributed by atoms with Crippen LogP contribution in [0.3, 0.4) is 0 Å². The third kappa shape index (κ3) is 3.32. The molecule has 1 aromatic carbocycles. The first-order chi connectivity index (χ1) is 8.85. The van der Waals surface area contributed by atoms with Gasteiger partial charge in [-0.2, -0.15) is 0 Å². The van der Waals surface area contributed by atoms with Crippen molar-refractivity contribution in [3.8, 4) is 5.75 Å². The second kappa shape index (κ2) is 6.15. The van der Waals surface area contributed by atoms with Gasteiger partial charge in [-0.05, 0) is 45.1 Å². The molecule has 1 rings (SSSR count). The molecule has 1 atom stereocenters. The molecule has 0 saturated carbocycles. The highest BCUT2D eigenvalue weighted by molar-refractivity contribution is 5.89. The van der Waals surface area contributed by atoms with Crippen LogP contribution in [-0.2, 0) is 11.2 Å². The number of Topliss-reactive ketones (excluding diaryl/α,β-unsaturated/α-hetero) is 1. The number of hydrogen-bond acceptors (Lipinski definition) is 3. The average molecular weight is 267 g/mol. The Kier molecular flexibility index (Phi) is 5.06. The molecule has 3 nitrogen and oxygen atoms in total. The predicted molar refractivity (Wildman–Crippen MR) is 74.0 cm³/mol. The zero-order valence-electron chi connectivity index (χ0n) is 12.3. The number of carbonyl (C=O) groups is 1. The summed E-state index contributed by atoms with van der Waals surface area (Å²) in [6, 6.07) is 4.64. The van der Waals surface area contributed by atoms with E-state index in [9.17, 15) is 9.18 Å². The Labute approximate surface area is 114 Å². The highest BCUT2D eigenvalue weighted by Crippen LogP contribution is 2.22. The van der Waals surface area contributed by atoms with Gasteiger partial charge < -0.3 is 4.74 Å². The van der Waals surface area contributed by atoms with Crippen LogP contribution in [0, 0.1) is 5.82 Å². The molecule has 0 heterocycles. The standard InChI is InChI=1S/C15H22FNO2/c1-6-15(2,17(3)4)14(18)10-11-7-8-13(19-5)12(16)9-11/h7-9H,6,10H2,1-5H3. The highest BCUT2D eigenvalue weighted by atomic mass is 19.1. The van der Waals surface area contributed by atoms with Gasteiger partial charge in [0, 0.05) is 6.42 Å². The number of ether oxygens (including phenoxy) is 1. The fourth-order valence-electron chi connectivity index (χ4n) is 1.96. The van der Waals surface area contributed by atoms with E-state index in [1.54, 1.807) is 12.1 Å². The van der Waals surface area contributed by atoms with Crippen molar-refractivity contribution in [2.24, 2.45) is 0 Å². The third-order valence-corrected chi connectivity index (χ3v) is 3.86. The molecule has 0 saturated heterocycles. The molecule has 1 unspecified atom stereocenters. The second-order valence-corrected chi connectivity index (χ2v) is 5.09. The number of halogens is 1. The van der Waals surface area contributed by atoms with E-state index in [2.05, 4.69) is 0 Å². The summed E-state index contributed by atoms with van der Waals surface area (Å²) in [7, 11) is 5.19. The lowest BCUT2D eigenvalue weighted by Crippen LogP contribution is -2.48. The van der Waals surface area contributed by atoms with Crippen molar-refractivity contribution in [1.29, 1.82) is 0 Å². The molecule has 0 bridgehead atoms. The summed E-state index contributed by atoms with van der Waals surface area (Å²) in [6.07, 6.45) is 0.945. The third-order valence-electron chi connectivity index (χ3n) is 3.86. The second-order valence-electron chi connectivity index (χ2n) is 5.09. The Morgan fingerprint density at radius 2 is 2.05 bits per heavy atom. The van der Waals surface area contributed by atoms with Crippen molar-refractivity contribution in [3.63, 3.8) is 0 Å². The SMILES string of the molecule is CCC(C)(C(=O)Cc1ccc(OC)c(F)c1)N(C)C. The molecule has 0 aromatic heterocycles. The van der Waals surface area contributed by atoms with Gasteiger partial charge in [0.2, 0.25) is 0 Å². The van der Waals surface area contributed by atoms with Crippen LogP contribution in [0.5, 0.6) is 5.75 Å². The van der Waals surface area contributed by atoms with Gasteiger partial charge in [-0.15, -0.1) is 0 Å². The van der Waals surface area contributed by atoms with Gasteiger partial charge in [0.1, 0.15) is 0 Å². The van der Waals surface area contributed by atoms with E-state index in [-0.39, 0.29) is 18.0 Å². The summed E-state index contributed by atoms with van der Waals surface area (Å²) in [5.74, 6) is -0.150. The van der Waals surface area contributed by atoms with E-state index in [0.717, 1.165) is 6.42 Å². The minimum absolute atomic E-state index is 0.0876. The van der Waals surface area contributed by atoms with Crippen LogP contribution in [0.1, 0.15) is 25.8 Å². The van der Waals surface area contributed by atoms with Crippen LogP contribution < -0.4 is 4.74 Å². The van der Waals surface area contributed by atoms with Gasteiger partial charge >= 0.3 is 0 Å². The molecule has 1 aromatic rings. The average Bonchev–Trinajstić information content (AvgIpc) is 2.37. The molecular weight excluding hydrogens is 245 g/mol. The predicted octanol–water partition coefficient (Wildman–Crippen LogP) is 2.68. The minimum atomic E-state index is -0.517. The number of hydrogen-bond donors (Lipinski definition) is 0. The van der Waals surface area contributed by atoms with E-state index in [1.807, 2.05) is 32.8 Å². The van der Waals surface area contributed by atoms with Crippen LogP contribution in [0.15, 0.2) is 18.2 Å². The van der Waals surface area contributed by atoms with E-state index >= 15 is 0 Å². The summed E-state index contributed by atoms with van der Waals surface area (Å²) >= 11 is 0. The Balaban J connectivity index is 2.91. The fraction of sp³-hybridized carbons (Fsp3) is 0.533. The van der Waals surface area contributed by atoms with E-state index in [4.69, 9.17) is 4.74 Å². The Bertz CT molecular complexity index is 459. The number of ketones is 1. The molecule has 4 heteroatoms. The van der Waals surface area contributed by atoms with Crippen LogP contribution in [0.2, 0.25) is 0 Å². The highest BCUT2D eigenvalue weighted by Gasteiger charge is 2.33. The van der Waals surface area contributed by atoms with Gasteiger partial charge in [-0.3, -0.25) is 9.69 Å². The first kappa shape index (κ1) is 15.6. The molecule has 0 spiro atoms. The molecule has 0 aliphatic heterocycles. The summed E-state index contributed by atoms with van der Waals surface area (Å²) < 4.78 is 18.5. The number of nitrogens with zero attached hydrogens (tertiary/aromatic N) is 1. The first-order valence-corrected chi connectivity index (χ1v) is 6.38. The molecule has 0 amide bonds. The lowest BCUT2D eigenvalue weighted by Gasteiger charge is -2.34. The van der Waals surface area contributed by atoms with Gasteiger partial charge in [0.05, 0.1) is 12.6 Å². The zero-order chi connectivity index (χ0) is 14.6. The largest absolute Gasteiger partial charge is 0.494 e. The van der Waals surface area contributed by atoms with Crippen LogP contribution in [0.4, 0.5) is 4.39 Å². The van der Waals surface area contributed by atoms with Crippen LogP contribution in [-0.4, -0.2) is 37.4 Å².